The Morgan fingerprint density at radius 1 is 0.944 bits per heavy atom. The van der Waals surface area contributed by atoms with Crippen molar-refractivity contribution in [2.75, 3.05) is 59.9 Å². The van der Waals surface area contributed by atoms with Crippen molar-refractivity contribution in [2.24, 2.45) is 0 Å². The Morgan fingerprint density at radius 2 is 1.50 bits per heavy atom. The number of hydrogen-bond donors (Lipinski definition) is 1. The summed E-state index contributed by atoms with van der Waals surface area (Å²) in [4.78, 5) is 11.0. The van der Waals surface area contributed by atoms with Crippen molar-refractivity contribution in [3.8, 4) is 0 Å². The maximum Gasteiger partial charge on any atom is 0.246 e. The number of ether oxygens (including phenoxy) is 4. The summed E-state index contributed by atoms with van der Waals surface area (Å²) in [6, 6.07) is 0. The van der Waals surface area contributed by atoms with Crippen LogP contribution in [0.4, 0.5) is 0 Å². The molecule has 0 aliphatic carbocycles. The van der Waals surface area contributed by atoms with Crippen molar-refractivity contribution >= 4 is 5.91 Å². The highest BCUT2D eigenvalue weighted by Gasteiger charge is 1.97. The summed E-state index contributed by atoms with van der Waals surface area (Å²) in [5.41, 5.74) is 0. The molecular formula is C12H25NO5. The molecule has 0 radical (unpaired) electrons. The molecule has 0 aromatic heterocycles. The summed E-state index contributed by atoms with van der Waals surface area (Å²) in [6.07, 6.45) is 1.03. The monoisotopic (exact) mass is 263 g/mol. The average Bonchev–Trinajstić information content (AvgIpc) is 2.36. The van der Waals surface area contributed by atoms with Crippen molar-refractivity contribution in [3.63, 3.8) is 0 Å². The van der Waals surface area contributed by atoms with Crippen molar-refractivity contribution in [1.29, 1.82) is 0 Å². The highest BCUT2D eigenvalue weighted by molar-refractivity contribution is 5.77. The van der Waals surface area contributed by atoms with E-state index in [9.17, 15) is 4.79 Å². The number of amides is 1. The molecule has 0 aliphatic heterocycles. The normalized spacial score (nSPS) is 10.6. The lowest BCUT2D eigenvalue weighted by Crippen LogP contribution is -2.30. The van der Waals surface area contributed by atoms with Crippen molar-refractivity contribution in [2.45, 2.75) is 13.3 Å². The largest absolute Gasteiger partial charge is 0.379 e. The Bertz CT molecular complexity index is 189. The lowest BCUT2D eigenvalue weighted by Gasteiger charge is -2.07. The molecule has 0 spiro atoms. The summed E-state index contributed by atoms with van der Waals surface area (Å²) in [6.45, 7) is 6.18. The van der Waals surface area contributed by atoms with Crippen molar-refractivity contribution in [1.82, 2.24) is 5.32 Å². The molecule has 0 fully saturated rings. The molecule has 0 aliphatic rings. The Morgan fingerprint density at radius 3 is 2.06 bits per heavy atom. The standard InChI is InChI=1S/C12H25NO5/c1-3-5-16-7-9-18-10-8-17-6-4-13-12(14)11-15-2/h3-11H2,1-2H3,(H,13,14). The van der Waals surface area contributed by atoms with Gasteiger partial charge in [-0.1, -0.05) is 6.92 Å². The van der Waals surface area contributed by atoms with Gasteiger partial charge in [-0.05, 0) is 6.42 Å². The van der Waals surface area contributed by atoms with Gasteiger partial charge in [0, 0.05) is 20.3 Å². The molecule has 0 bridgehead atoms. The minimum absolute atomic E-state index is 0.0842. The predicted molar refractivity (Wildman–Crippen MR) is 67.6 cm³/mol. The van der Waals surface area contributed by atoms with Crippen LogP contribution in [0.1, 0.15) is 13.3 Å². The molecule has 0 saturated heterocycles. The van der Waals surface area contributed by atoms with E-state index in [2.05, 4.69) is 17.0 Å². The first-order valence-corrected chi connectivity index (χ1v) is 6.30. The quantitative estimate of drug-likeness (QED) is 0.481. The third kappa shape index (κ3) is 13.4. The average molecular weight is 263 g/mol. The van der Waals surface area contributed by atoms with Crippen LogP contribution in [0, 0.1) is 0 Å². The first-order chi connectivity index (χ1) is 8.81. The Kier molecular flexibility index (Phi) is 13.8. The number of hydrogen-bond acceptors (Lipinski definition) is 5. The van der Waals surface area contributed by atoms with Gasteiger partial charge in [-0.25, -0.2) is 0 Å². The van der Waals surface area contributed by atoms with Gasteiger partial charge in [0.25, 0.3) is 0 Å². The van der Waals surface area contributed by atoms with Crippen LogP contribution in [0.2, 0.25) is 0 Å². The van der Waals surface area contributed by atoms with E-state index in [0.717, 1.165) is 13.0 Å². The molecule has 0 rings (SSSR count). The third-order valence-electron chi connectivity index (χ3n) is 1.94. The Balaban J connectivity index is 3.01. The predicted octanol–water partition coefficient (Wildman–Crippen LogP) is 0.209. The van der Waals surface area contributed by atoms with Crippen LogP contribution in [-0.4, -0.2) is 65.8 Å². The van der Waals surface area contributed by atoms with E-state index in [-0.39, 0.29) is 12.5 Å². The first-order valence-electron chi connectivity index (χ1n) is 6.30. The van der Waals surface area contributed by atoms with Gasteiger partial charge in [0.1, 0.15) is 6.61 Å². The first kappa shape index (κ1) is 17.3. The maximum absolute atomic E-state index is 11.0. The second-order valence-corrected chi connectivity index (χ2v) is 3.62. The van der Waals surface area contributed by atoms with Crippen LogP contribution in [0.5, 0.6) is 0 Å². The molecular weight excluding hydrogens is 238 g/mol. The lowest BCUT2D eigenvalue weighted by molar-refractivity contribution is -0.125. The van der Waals surface area contributed by atoms with Crippen LogP contribution in [0.25, 0.3) is 0 Å². The van der Waals surface area contributed by atoms with Crippen LogP contribution < -0.4 is 5.32 Å². The molecule has 1 amide bonds. The molecule has 0 atom stereocenters. The zero-order valence-corrected chi connectivity index (χ0v) is 11.4. The summed E-state index contributed by atoms with van der Waals surface area (Å²) < 4.78 is 20.5. The van der Waals surface area contributed by atoms with Gasteiger partial charge in [-0.2, -0.15) is 0 Å². The highest BCUT2D eigenvalue weighted by atomic mass is 16.5. The number of nitrogens with one attached hydrogen (secondary N) is 1. The van der Waals surface area contributed by atoms with Crippen LogP contribution in [0.3, 0.4) is 0 Å². The smallest absolute Gasteiger partial charge is 0.246 e. The summed E-state index contributed by atoms with van der Waals surface area (Å²) >= 11 is 0. The second kappa shape index (κ2) is 14.4. The molecule has 0 unspecified atom stereocenters. The zero-order chi connectivity index (χ0) is 13.5. The molecule has 0 aromatic rings. The summed E-state index contributed by atoms with van der Waals surface area (Å²) in [5.74, 6) is -0.134. The second-order valence-electron chi connectivity index (χ2n) is 3.62. The third-order valence-corrected chi connectivity index (χ3v) is 1.94. The molecule has 6 heteroatoms. The Hall–Kier alpha value is -0.690. The van der Waals surface area contributed by atoms with Gasteiger partial charge in [0.15, 0.2) is 0 Å². The number of methoxy groups -OCH3 is 1. The fourth-order valence-electron chi connectivity index (χ4n) is 1.13. The molecule has 0 saturated carbocycles. The van der Waals surface area contributed by atoms with E-state index in [1.807, 2.05) is 0 Å². The van der Waals surface area contributed by atoms with Gasteiger partial charge in [-0.15, -0.1) is 0 Å². The van der Waals surface area contributed by atoms with Crippen molar-refractivity contribution in [3.05, 3.63) is 0 Å². The fraction of sp³-hybridized carbons (Fsp3) is 0.917. The van der Waals surface area contributed by atoms with Crippen LogP contribution >= 0.6 is 0 Å². The van der Waals surface area contributed by atoms with Crippen LogP contribution in [0.15, 0.2) is 0 Å². The fourth-order valence-corrected chi connectivity index (χ4v) is 1.13. The molecule has 0 aromatic carbocycles. The van der Waals surface area contributed by atoms with Crippen molar-refractivity contribution < 1.29 is 23.7 Å². The Labute approximate surface area is 109 Å². The summed E-state index contributed by atoms with van der Waals surface area (Å²) in [7, 11) is 1.48. The zero-order valence-electron chi connectivity index (χ0n) is 11.4. The molecule has 6 nitrogen and oxygen atoms in total. The minimum Gasteiger partial charge on any atom is -0.379 e. The lowest BCUT2D eigenvalue weighted by atomic mass is 10.5. The number of rotatable bonds is 13. The van der Waals surface area contributed by atoms with Gasteiger partial charge in [0.05, 0.1) is 33.0 Å². The molecule has 0 heterocycles. The SMILES string of the molecule is CCCOCCOCCOCCNC(=O)COC. The van der Waals surface area contributed by atoms with E-state index in [4.69, 9.17) is 14.2 Å². The van der Waals surface area contributed by atoms with E-state index < -0.39 is 0 Å². The van der Waals surface area contributed by atoms with Gasteiger partial charge in [-0.3, -0.25) is 4.79 Å². The number of carbonyl (C=O) groups is 1. The van der Waals surface area contributed by atoms with Crippen LogP contribution in [-0.2, 0) is 23.7 Å². The minimum atomic E-state index is -0.134. The summed E-state index contributed by atoms with van der Waals surface area (Å²) in [5, 5.41) is 2.66. The van der Waals surface area contributed by atoms with Gasteiger partial charge >= 0.3 is 0 Å². The van der Waals surface area contributed by atoms with E-state index >= 15 is 0 Å². The van der Waals surface area contributed by atoms with Gasteiger partial charge < -0.3 is 24.3 Å². The highest BCUT2D eigenvalue weighted by Crippen LogP contribution is 1.83. The molecule has 18 heavy (non-hydrogen) atoms. The number of carbonyl (C=O) groups excluding carboxylic acids is 1. The van der Waals surface area contributed by atoms with E-state index in [0.29, 0.717) is 39.6 Å². The molecule has 108 valence electrons. The van der Waals surface area contributed by atoms with E-state index in [1.54, 1.807) is 0 Å². The maximum atomic E-state index is 11.0. The van der Waals surface area contributed by atoms with E-state index in [1.165, 1.54) is 7.11 Å². The van der Waals surface area contributed by atoms with Gasteiger partial charge in [0.2, 0.25) is 5.91 Å². The topological polar surface area (TPSA) is 66.0 Å². The molecule has 1 N–H and O–H groups in total.